The third-order valence-corrected chi connectivity index (χ3v) is 3.54. The van der Waals surface area contributed by atoms with Gasteiger partial charge >= 0.3 is 0 Å². The van der Waals surface area contributed by atoms with Crippen molar-refractivity contribution in [3.63, 3.8) is 0 Å². The van der Waals surface area contributed by atoms with E-state index in [1.807, 2.05) is 12.1 Å². The quantitative estimate of drug-likeness (QED) is 0.800. The number of ether oxygens (including phenoxy) is 3. The summed E-state index contributed by atoms with van der Waals surface area (Å²) in [7, 11) is 0. The van der Waals surface area contributed by atoms with Crippen LogP contribution >= 0.6 is 0 Å². The molecular formula is C17H27NO3. The van der Waals surface area contributed by atoms with E-state index in [2.05, 4.69) is 31.3 Å². The molecule has 0 spiro atoms. The van der Waals surface area contributed by atoms with Gasteiger partial charge in [-0.2, -0.15) is 0 Å². The monoisotopic (exact) mass is 293 g/mol. The molecule has 1 aliphatic rings. The normalized spacial score (nSPS) is 20.2. The lowest BCUT2D eigenvalue weighted by Crippen LogP contribution is -2.41. The van der Waals surface area contributed by atoms with Gasteiger partial charge in [-0.3, -0.25) is 0 Å². The predicted octanol–water partition coefficient (Wildman–Crippen LogP) is 2.93. The van der Waals surface area contributed by atoms with Crippen molar-refractivity contribution >= 4 is 0 Å². The second-order valence-electron chi connectivity index (χ2n) is 5.30. The van der Waals surface area contributed by atoms with Crippen LogP contribution in [-0.4, -0.2) is 39.1 Å². The van der Waals surface area contributed by atoms with Gasteiger partial charge in [-0.25, -0.2) is 0 Å². The van der Waals surface area contributed by atoms with Gasteiger partial charge in [0.05, 0.1) is 32.5 Å². The lowest BCUT2D eigenvalue weighted by molar-refractivity contribution is -0.102. The highest BCUT2D eigenvalue weighted by atomic mass is 16.6. The fourth-order valence-corrected chi connectivity index (χ4v) is 2.52. The van der Waals surface area contributed by atoms with E-state index in [0.717, 1.165) is 37.3 Å². The third-order valence-electron chi connectivity index (χ3n) is 3.54. The molecule has 0 radical (unpaired) electrons. The van der Waals surface area contributed by atoms with Gasteiger partial charge in [-0.15, -0.1) is 0 Å². The fraction of sp³-hybridized carbons (Fsp3) is 0.647. The van der Waals surface area contributed by atoms with E-state index in [0.29, 0.717) is 19.8 Å². The van der Waals surface area contributed by atoms with Crippen molar-refractivity contribution in [3.05, 3.63) is 29.8 Å². The molecule has 118 valence electrons. The van der Waals surface area contributed by atoms with Crippen molar-refractivity contribution in [2.75, 3.05) is 33.0 Å². The molecule has 1 aliphatic heterocycles. The van der Waals surface area contributed by atoms with E-state index in [1.165, 1.54) is 0 Å². The first kappa shape index (κ1) is 16.3. The zero-order valence-corrected chi connectivity index (χ0v) is 13.1. The van der Waals surface area contributed by atoms with E-state index in [1.54, 1.807) is 0 Å². The molecule has 0 aliphatic carbocycles. The summed E-state index contributed by atoms with van der Waals surface area (Å²) < 4.78 is 17.4. The Labute approximate surface area is 127 Å². The number of nitrogens with one attached hydrogen (secondary N) is 1. The first-order valence-corrected chi connectivity index (χ1v) is 8.01. The summed E-state index contributed by atoms with van der Waals surface area (Å²) in [4.78, 5) is 0. The Hall–Kier alpha value is -1.10. The zero-order chi connectivity index (χ0) is 14.9. The fourth-order valence-electron chi connectivity index (χ4n) is 2.52. The maximum Gasteiger partial charge on any atom is 0.124 e. The van der Waals surface area contributed by atoms with Gasteiger partial charge in [0.1, 0.15) is 11.9 Å². The van der Waals surface area contributed by atoms with Crippen LogP contribution in [0.15, 0.2) is 24.3 Å². The average molecular weight is 293 g/mol. The Kier molecular flexibility index (Phi) is 7.00. The molecule has 2 atom stereocenters. The van der Waals surface area contributed by atoms with Crippen molar-refractivity contribution in [1.82, 2.24) is 5.32 Å². The van der Waals surface area contributed by atoms with Gasteiger partial charge in [-0.05, 0) is 25.5 Å². The number of hydrogen-bond donors (Lipinski definition) is 1. The molecule has 21 heavy (non-hydrogen) atoms. The first-order chi connectivity index (χ1) is 10.4. The van der Waals surface area contributed by atoms with Gasteiger partial charge < -0.3 is 19.5 Å². The summed E-state index contributed by atoms with van der Waals surface area (Å²) in [6.07, 6.45) is 2.13. The van der Waals surface area contributed by atoms with Crippen LogP contribution in [0.2, 0.25) is 0 Å². The Morgan fingerprint density at radius 1 is 1.24 bits per heavy atom. The zero-order valence-electron chi connectivity index (χ0n) is 13.1. The molecule has 0 aromatic heterocycles. The Morgan fingerprint density at radius 3 is 2.81 bits per heavy atom. The molecule has 0 bridgehead atoms. The van der Waals surface area contributed by atoms with Crippen molar-refractivity contribution < 1.29 is 14.2 Å². The van der Waals surface area contributed by atoms with Crippen LogP contribution in [-0.2, 0) is 9.47 Å². The SMILES string of the molecule is CCCNC(c1ccccc1OCCC)C1COCCO1. The predicted molar refractivity (Wildman–Crippen MR) is 83.8 cm³/mol. The molecule has 4 heteroatoms. The van der Waals surface area contributed by atoms with E-state index >= 15 is 0 Å². The summed E-state index contributed by atoms with van der Waals surface area (Å²) in [5.74, 6) is 0.946. The maximum absolute atomic E-state index is 5.91. The molecular weight excluding hydrogens is 266 g/mol. The van der Waals surface area contributed by atoms with Gasteiger partial charge in [-0.1, -0.05) is 32.0 Å². The van der Waals surface area contributed by atoms with Gasteiger partial charge in [0, 0.05) is 5.56 Å². The van der Waals surface area contributed by atoms with E-state index < -0.39 is 0 Å². The highest BCUT2D eigenvalue weighted by Crippen LogP contribution is 2.29. The Balaban J connectivity index is 2.18. The minimum atomic E-state index is 0.0386. The Morgan fingerprint density at radius 2 is 2.10 bits per heavy atom. The van der Waals surface area contributed by atoms with Crippen LogP contribution in [0, 0.1) is 0 Å². The summed E-state index contributed by atoms with van der Waals surface area (Å²) in [6.45, 7) is 7.95. The lowest BCUT2D eigenvalue weighted by Gasteiger charge is -2.32. The summed E-state index contributed by atoms with van der Waals surface area (Å²) >= 11 is 0. The van der Waals surface area contributed by atoms with Crippen LogP contribution in [0.25, 0.3) is 0 Å². The van der Waals surface area contributed by atoms with Gasteiger partial charge in [0.15, 0.2) is 0 Å². The molecule has 1 saturated heterocycles. The van der Waals surface area contributed by atoms with Crippen molar-refractivity contribution in [2.24, 2.45) is 0 Å². The molecule has 1 aromatic carbocycles. The third kappa shape index (κ3) is 4.70. The molecule has 0 amide bonds. The van der Waals surface area contributed by atoms with E-state index in [4.69, 9.17) is 14.2 Å². The first-order valence-electron chi connectivity index (χ1n) is 8.01. The number of hydrogen-bond acceptors (Lipinski definition) is 4. The molecule has 1 N–H and O–H groups in total. The largest absolute Gasteiger partial charge is 0.493 e. The summed E-state index contributed by atoms with van der Waals surface area (Å²) in [5, 5.41) is 3.59. The number of benzene rings is 1. The molecule has 1 aromatic rings. The molecule has 1 heterocycles. The Bertz CT molecular complexity index is 405. The topological polar surface area (TPSA) is 39.7 Å². The molecule has 4 nitrogen and oxygen atoms in total. The minimum Gasteiger partial charge on any atom is -0.493 e. The van der Waals surface area contributed by atoms with E-state index in [-0.39, 0.29) is 12.1 Å². The van der Waals surface area contributed by atoms with Crippen molar-refractivity contribution in [1.29, 1.82) is 0 Å². The maximum atomic E-state index is 5.91. The van der Waals surface area contributed by atoms with E-state index in [9.17, 15) is 0 Å². The molecule has 0 saturated carbocycles. The highest BCUT2D eigenvalue weighted by Gasteiger charge is 2.28. The van der Waals surface area contributed by atoms with Gasteiger partial charge in [0.25, 0.3) is 0 Å². The highest BCUT2D eigenvalue weighted by molar-refractivity contribution is 5.36. The lowest BCUT2D eigenvalue weighted by atomic mass is 10.00. The standard InChI is InChI=1S/C17H27NO3/c1-3-9-18-17(16-13-19-11-12-21-16)14-7-5-6-8-15(14)20-10-4-2/h5-8,16-18H,3-4,9-13H2,1-2H3. The molecule has 2 unspecified atom stereocenters. The number of rotatable bonds is 8. The van der Waals surface area contributed by atoms with Crippen molar-refractivity contribution in [3.8, 4) is 5.75 Å². The second kappa shape index (κ2) is 9.03. The van der Waals surface area contributed by atoms with Crippen LogP contribution in [0.1, 0.15) is 38.3 Å². The molecule has 2 rings (SSSR count). The summed E-state index contributed by atoms with van der Waals surface area (Å²) in [5.41, 5.74) is 1.16. The van der Waals surface area contributed by atoms with Crippen LogP contribution in [0.5, 0.6) is 5.75 Å². The number of para-hydroxylation sites is 1. The van der Waals surface area contributed by atoms with Crippen LogP contribution in [0.3, 0.4) is 0 Å². The smallest absolute Gasteiger partial charge is 0.124 e. The van der Waals surface area contributed by atoms with Crippen molar-refractivity contribution in [2.45, 2.75) is 38.8 Å². The minimum absolute atomic E-state index is 0.0386. The molecule has 1 fully saturated rings. The van der Waals surface area contributed by atoms with Crippen LogP contribution in [0.4, 0.5) is 0 Å². The van der Waals surface area contributed by atoms with Crippen LogP contribution < -0.4 is 10.1 Å². The second-order valence-corrected chi connectivity index (χ2v) is 5.30. The summed E-state index contributed by atoms with van der Waals surface area (Å²) in [6, 6.07) is 8.34. The average Bonchev–Trinajstić information content (AvgIpc) is 2.55. The van der Waals surface area contributed by atoms with Gasteiger partial charge in [0.2, 0.25) is 0 Å².